The largest absolute Gasteiger partial charge is 0.497 e. The molecule has 2 fully saturated rings. The minimum atomic E-state index is -0.378. The lowest BCUT2D eigenvalue weighted by Crippen LogP contribution is -2.43. The summed E-state index contributed by atoms with van der Waals surface area (Å²) >= 11 is 0. The molecule has 0 amide bonds. The quantitative estimate of drug-likeness (QED) is 0.803. The second-order valence-electron chi connectivity index (χ2n) is 6.42. The first-order valence-corrected chi connectivity index (χ1v) is 8.32. The number of rotatable bonds is 1. The van der Waals surface area contributed by atoms with Gasteiger partial charge < -0.3 is 14.2 Å². The zero-order valence-electron chi connectivity index (χ0n) is 13.8. The van der Waals surface area contributed by atoms with E-state index in [0.29, 0.717) is 13.2 Å². The van der Waals surface area contributed by atoms with Crippen LogP contribution in [0.1, 0.15) is 31.2 Å². The first-order valence-electron chi connectivity index (χ1n) is 8.32. The SMILES string of the molecule is COc1cccc(C#CC2=CC3(CCC4(CC3)OCCO4)ON2)c1. The molecule has 0 radical (unpaired) electrons. The topological polar surface area (TPSA) is 49.0 Å². The summed E-state index contributed by atoms with van der Waals surface area (Å²) in [6.45, 7) is 1.39. The highest BCUT2D eigenvalue weighted by Crippen LogP contribution is 2.43. The van der Waals surface area contributed by atoms with Crippen LogP contribution in [0, 0.1) is 11.8 Å². The average Bonchev–Trinajstić information content (AvgIpc) is 3.24. The molecule has 2 spiro atoms. The average molecular weight is 327 g/mol. The van der Waals surface area contributed by atoms with Crippen LogP contribution in [0.4, 0.5) is 0 Å². The van der Waals surface area contributed by atoms with Crippen molar-refractivity contribution in [2.24, 2.45) is 0 Å². The van der Waals surface area contributed by atoms with Gasteiger partial charge in [-0.2, -0.15) is 0 Å². The van der Waals surface area contributed by atoms with Crippen LogP contribution in [0.15, 0.2) is 36.0 Å². The molecular weight excluding hydrogens is 306 g/mol. The Kier molecular flexibility index (Phi) is 3.97. The van der Waals surface area contributed by atoms with Crippen LogP contribution in [0.5, 0.6) is 5.75 Å². The molecule has 1 saturated carbocycles. The van der Waals surface area contributed by atoms with Gasteiger partial charge in [-0.3, -0.25) is 10.3 Å². The minimum absolute atomic E-state index is 0.293. The van der Waals surface area contributed by atoms with Crippen molar-refractivity contribution in [1.82, 2.24) is 5.48 Å². The molecule has 0 atom stereocenters. The molecule has 1 aromatic rings. The van der Waals surface area contributed by atoms with Gasteiger partial charge in [-0.15, -0.1) is 0 Å². The molecule has 0 bridgehead atoms. The highest BCUT2D eigenvalue weighted by atomic mass is 16.7. The molecule has 0 aromatic heterocycles. The first kappa shape index (κ1) is 15.5. The van der Waals surface area contributed by atoms with Crippen molar-refractivity contribution in [3.8, 4) is 17.6 Å². The highest BCUT2D eigenvalue weighted by Gasteiger charge is 2.48. The van der Waals surface area contributed by atoms with Gasteiger partial charge in [0.25, 0.3) is 0 Å². The Bertz CT molecular complexity index is 700. The Morgan fingerprint density at radius 3 is 2.62 bits per heavy atom. The second-order valence-corrected chi connectivity index (χ2v) is 6.42. The third kappa shape index (κ3) is 3.01. The predicted molar refractivity (Wildman–Crippen MR) is 88.0 cm³/mol. The molecule has 1 N–H and O–H groups in total. The molecule has 1 aromatic carbocycles. The second kappa shape index (κ2) is 6.14. The van der Waals surface area contributed by atoms with Gasteiger partial charge in [-0.05, 0) is 43.0 Å². The van der Waals surface area contributed by atoms with Crippen LogP contribution in [0.25, 0.3) is 0 Å². The smallest absolute Gasteiger partial charge is 0.168 e. The fraction of sp³-hybridized carbons (Fsp3) is 0.474. The van der Waals surface area contributed by atoms with E-state index in [9.17, 15) is 0 Å². The van der Waals surface area contributed by atoms with Crippen molar-refractivity contribution >= 4 is 0 Å². The minimum Gasteiger partial charge on any atom is -0.497 e. The third-order valence-corrected chi connectivity index (χ3v) is 4.85. The van der Waals surface area contributed by atoms with Crippen molar-refractivity contribution in [1.29, 1.82) is 0 Å². The van der Waals surface area contributed by atoms with Crippen LogP contribution >= 0.6 is 0 Å². The van der Waals surface area contributed by atoms with E-state index in [1.165, 1.54) is 0 Å². The number of hydroxylamine groups is 1. The zero-order chi connectivity index (χ0) is 16.5. The van der Waals surface area contributed by atoms with Gasteiger partial charge in [-0.1, -0.05) is 12.0 Å². The van der Waals surface area contributed by atoms with E-state index in [-0.39, 0.29) is 11.4 Å². The van der Waals surface area contributed by atoms with Gasteiger partial charge in [0, 0.05) is 18.4 Å². The summed E-state index contributed by atoms with van der Waals surface area (Å²) in [7, 11) is 1.65. The summed E-state index contributed by atoms with van der Waals surface area (Å²) in [6.07, 6.45) is 5.53. The van der Waals surface area contributed by atoms with Crippen molar-refractivity contribution in [3.63, 3.8) is 0 Å². The molecule has 2 heterocycles. The number of allylic oxidation sites excluding steroid dienone is 1. The monoisotopic (exact) mass is 327 g/mol. The molecular formula is C19H21NO4. The molecule has 4 rings (SSSR count). The summed E-state index contributed by atoms with van der Waals surface area (Å²) in [5.74, 6) is 6.71. The number of benzene rings is 1. The molecule has 3 aliphatic rings. The number of hydrogen-bond donors (Lipinski definition) is 1. The molecule has 1 saturated heterocycles. The molecule has 5 heteroatoms. The summed E-state index contributed by atoms with van der Waals surface area (Å²) in [4.78, 5) is 5.85. The van der Waals surface area contributed by atoms with Gasteiger partial charge >= 0.3 is 0 Å². The summed E-state index contributed by atoms with van der Waals surface area (Å²) in [6, 6.07) is 7.71. The van der Waals surface area contributed by atoms with Crippen molar-refractivity contribution < 1.29 is 19.0 Å². The van der Waals surface area contributed by atoms with E-state index >= 15 is 0 Å². The maximum atomic E-state index is 5.85. The Labute approximate surface area is 141 Å². The van der Waals surface area contributed by atoms with E-state index in [1.807, 2.05) is 24.3 Å². The highest BCUT2D eigenvalue weighted by molar-refractivity contribution is 5.44. The number of hydrogen-bond acceptors (Lipinski definition) is 5. The molecule has 2 aliphatic heterocycles. The fourth-order valence-corrected chi connectivity index (χ4v) is 3.47. The Morgan fingerprint density at radius 2 is 1.88 bits per heavy atom. The lowest BCUT2D eigenvalue weighted by Gasteiger charge is -2.39. The molecule has 126 valence electrons. The molecule has 24 heavy (non-hydrogen) atoms. The third-order valence-electron chi connectivity index (χ3n) is 4.85. The number of ether oxygens (including phenoxy) is 3. The van der Waals surface area contributed by atoms with Gasteiger partial charge in [-0.25, -0.2) is 0 Å². The van der Waals surface area contributed by atoms with Gasteiger partial charge in [0.2, 0.25) is 0 Å². The van der Waals surface area contributed by atoms with Crippen LogP contribution in [-0.2, 0) is 14.3 Å². The van der Waals surface area contributed by atoms with Crippen LogP contribution in [0.2, 0.25) is 0 Å². The van der Waals surface area contributed by atoms with Gasteiger partial charge in [0.15, 0.2) is 5.79 Å². The van der Waals surface area contributed by atoms with Crippen molar-refractivity contribution in [2.45, 2.75) is 37.1 Å². The van der Waals surface area contributed by atoms with Crippen LogP contribution in [-0.4, -0.2) is 31.7 Å². The zero-order valence-corrected chi connectivity index (χ0v) is 13.8. The Morgan fingerprint density at radius 1 is 1.08 bits per heavy atom. The maximum Gasteiger partial charge on any atom is 0.168 e. The number of methoxy groups -OCH3 is 1. The van der Waals surface area contributed by atoms with Gasteiger partial charge in [0.05, 0.1) is 20.3 Å². The van der Waals surface area contributed by atoms with E-state index in [4.69, 9.17) is 19.0 Å². The van der Waals surface area contributed by atoms with E-state index < -0.39 is 0 Å². The van der Waals surface area contributed by atoms with E-state index in [1.54, 1.807) is 7.11 Å². The predicted octanol–water partition coefficient (Wildman–Crippen LogP) is 2.52. The maximum absolute atomic E-state index is 5.85. The van der Waals surface area contributed by atoms with Crippen LogP contribution in [0.3, 0.4) is 0 Å². The number of nitrogens with one attached hydrogen (secondary N) is 1. The van der Waals surface area contributed by atoms with Crippen molar-refractivity contribution in [2.75, 3.05) is 20.3 Å². The van der Waals surface area contributed by atoms with E-state index in [2.05, 4.69) is 23.4 Å². The summed E-state index contributed by atoms with van der Waals surface area (Å²) in [5.41, 5.74) is 4.39. The van der Waals surface area contributed by atoms with Crippen LogP contribution < -0.4 is 10.2 Å². The molecule has 1 aliphatic carbocycles. The van der Waals surface area contributed by atoms with E-state index in [0.717, 1.165) is 42.7 Å². The Balaban J connectivity index is 1.45. The molecule has 5 nitrogen and oxygen atoms in total. The lowest BCUT2D eigenvalue weighted by atomic mass is 9.81. The summed E-state index contributed by atoms with van der Waals surface area (Å²) in [5, 5.41) is 0. The Hall–Kier alpha value is -2.00. The van der Waals surface area contributed by atoms with Crippen molar-refractivity contribution in [3.05, 3.63) is 41.6 Å². The first-order chi connectivity index (χ1) is 11.7. The molecule has 0 unspecified atom stereocenters. The summed E-state index contributed by atoms with van der Waals surface area (Å²) < 4.78 is 16.8. The standard InChI is InChI=1S/C19H21NO4/c1-21-17-4-2-3-15(13-17)5-6-16-14-18(24-20-16)7-9-19(10-8-18)22-11-12-23-19/h2-4,13-14,20H,7-12H2,1H3. The van der Waals surface area contributed by atoms with Gasteiger partial charge in [0.1, 0.15) is 17.0 Å². The lowest BCUT2D eigenvalue weighted by molar-refractivity contribution is -0.205. The normalized spacial score (nSPS) is 23.5. The fourth-order valence-electron chi connectivity index (χ4n) is 3.47.